The minimum absolute atomic E-state index is 0.266. The van der Waals surface area contributed by atoms with Crippen molar-refractivity contribution < 1.29 is 4.79 Å². The highest BCUT2D eigenvalue weighted by Gasteiger charge is 2.08. The van der Waals surface area contributed by atoms with Crippen LogP contribution in [0.4, 0.5) is 10.9 Å². The molecule has 9 heteroatoms. The fourth-order valence-corrected chi connectivity index (χ4v) is 3.19. The number of amides is 1. The number of benzene rings is 1. The van der Waals surface area contributed by atoms with Crippen molar-refractivity contribution in [2.45, 2.75) is 12.8 Å². The lowest BCUT2D eigenvalue weighted by Crippen LogP contribution is -2.12. The Balaban J connectivity index is 1.46. The summed E-state index contributed by atoms with van der Waals surface area (Å²) >= 11 is 13.3. The van der Waals surface area contributed by atoms with Crippen LogP contribution in [0.2, 0.25) is 10.0 Å². The van der Waals surface area contributed by atoms with Crippen LogP contribution < -0.4 is 10.6 Å². The molecule has 0 saturated heterocycles. The van der Waals surface area contributed by atoms with Crippen molar-refractivity contribution in [2.75, 3.05) is 17.2 Å². The largest absolute Gasteiger partial charge is 0.370 e. The van der Waals surface area contributed by atoms with E-state index < -0.39 is 0 Å². The zero-order valence-electron chi connectivity index (χ0n) is 13.6. The van der Waals surface area contributed by atoms with Gasteiger partial charge in [0.1, 0.15) is 11.3 Å². The van der Waals surface area contributed by atoms with E-state index in [-0.39, 0.29) is 5.91 Å². The molecule has 0 spiro atoms. The van der Waals surface area contributed by atoms with E-state index in [1.807, 2.05) is 12.1 Å². The Morgan fingerprint density at radius 2 is 2.08 bits per heavy atom. The van der Waals surface area contributed by atoms with Gasteiger partial charge in [0, 0.05) is 22.8 Å². The molecule has 3 aromatic rings. The normalized spacial score (nSPS) is 10.5. The van der Waals surface area contributed by atoms with Gasteiger partial charge in [0.05, 0.1) is 5.56 Å². The van der Waals surface area contributed by atoms with Crippen LogP contribution in [0.5, 0.6) is 0 Å². The maximum Gasteiger partial charge on any atom is 0.259 e. The van der Waals surface area contributed by atoms with Gasteiger partial charge in [0.25, 0.3) is 5.91 Å². The smallest absolute Gasteiger partial charge is 0.259 e. The molecule has 0 aliphatic heterocycles. The molecular weight excluding hydrogens is 393 g/mol. The molecule has 0 unspecified atom stereocenters. The van der Waals surface area contributed by atoms with Gasteiger partial charge in [-0.2, -0.15) is 0 Å². The molecule has 3 rings (SSSR count). The van der Waals surface area contributed by atoms with Crippen molar-refractivity contribution in [1.29, 1.82) is 0 Å². The molecule has 0 radical (unpaired) electrons. The fourth-order valence-electron chi connectivity index (χ4n) is 2.25. The van der Waals surface area contributed by atoms with Crippen molar-refractivity contribution in [3.63, 3.8) is 0 Å². The molecule has 1 amide bonds. The number of anilines is 2. The van der Waals surface area contributed by atoms with Gasteiger partial charge in [-0.25, -0.2) is 4.98 Å². The number of rotatable bonds is 7. The quantitative estimate of drug-likeness (QED) is 0.562. The summed E-state index contributed by atoms with van der Waals surface area (Å²) in [6.45, 7) is 0.738. The highest BCUT2D eigenvalue weighted by atomic mass is 35.5. The minimum Gasteiger partial charge on any atom is -0.370 e. The minimum atomic E-state index is -0.266. The second-order valence-corrected chi connectivity index (χ2v) is 7.07. The molecular formula is C17H15Cl2N5OS. The number of aromatic nitrogens is 3. The highest BCUT2D eigenvalue weighted by molar-refractivity contribution is 7.13. The molecule has 0 atom stereocenters. The van der Waals surface area contributed by atoms with Crippen molar-refractivity contribution in [2.24, 2.45) is 0 Å². The summed E-state index contributed by atoms with van der Waals surface area (Å²) in [4.78, 5) is 16.3. The molecule has 6 nitrogen and oxygen atoms in total. The fraction of sp³-hybridized carbons (Fsp3) is 0.176. The molecule has 0 saturated carbocycles. The lowest BCUT2D eigenvalue weighted by Gasteiger charge is -2.08. The summed E-state index contributed by atoms with van der Waals surface area (Å²) in [6, 6.07) is 9.00. The van der Waals surface area contributed by atoms with Crippen LogP contribution in [-0.2, 0) is 6.42 Å². The van der Waals surface area contributed by atoms with Gasteiger partial charge >= 0.3 is 0 Å². The monoisotopic (exact) mass is 407 g/mol. The van der Waals surface area contributed by atoms with E-state index in [9.17, 15) is 4.79 Å². The Kier molecular flexibility index (Phi) is 6.38. The van der Waals surface area contributed by atoms with E-state index in [1.165, 1.54) is 17.5 Å². The van der Waals surface area contributed by atoms with E-state index in [2.05, 4.69) is 25.8 Å². The van der Waals surface area contributed by atoms with Gasteiger partial charge in [-0.05, 0) is 42.7 Å². The Labute approximate surface area is 164 Å². The van der Waals surface area contributed by atoms with Crippen molar-refractivity contribution in [1.82, 2.24) is 15.2 Å². The summed E-state index contributed by atoms with van der Waals surface area (Å²) in [5.41, 5.74) is 3.08. The molecule has 1 aromatic carbocycles. The predicted molar refractivity (Wildman–Crippen MR) is 105 cm³/mol. The standard InChI is InChI=1S/C17H15Cl2N5OS/c18-13-5-3-11(14(19)8-13)2-1-7-20-15-6-4-12(9-21-15)16(25)23-17-24-22-10-26-17/h3-6,8-10H,1-2,7H2,(H,20,21)(H,23,24,25). The maximum atomic E-state index is 12.0. The van der Waals surface area contributed by atoms with Crippen LogP contribution in [-0.4, -0.2) is 27.6 Å². The first-order valence-corrected chi connectivity index (χ1v) is 9.47. The number of halogens is 2. The van der Waals surface area contributed by atoms with Crippen molar-refractivity contribution in [3.8, 4) is 0 Å². The Morgan fingerprint density at radius 3 is 2.77 bits per heavy atom. The number of hydrogen-bond donors (Lipinski definition) is 2. The Morgan fingerprint density at radius 1 is 1.19 bits per heavy atom. The summed E-state index contributed by atoms with van der Waals surface area (Å²) < 4.78 is 0. The molecule has 0 bridgehead atoms. The van der Waals surface area contributed by atoms with Crippen LogP contribution in [0.25, 0.3) is 0 Å². The lowest BCUT2D eigenvalue weighted by molar-refractivity contribution is 0.102. The molecule has 2 aromatic heterocycles. The number of nitrogens with zero attached hydrogens (tertiary/aromatic N) is 3. The van der Waals surface area contributed by atoms with Gasteiger partial charge in [-0.1, -0.05) is 40.6 Å². The van der Waals surface area contributed by atoms with Crippen LogP contribution in [0, 0.1) is 0 Å². The second kappa shape index (κ2) is 8.93. The third-order valence-electron chi connectivity index (χ3n) is 3.55. The SMILES string of the molecule is O=C(Nc1nncs1)c1ccc(NCCCc2ccc(Cl)cc2Cl)nc1. The molecule has 0 fully saturated rings. The average Bonchev–Trinajstić information content (AvgIpc) is 3.13. The molecule has 2 N–H and O–H groups in total. The van der Waals surface area contributed by atoms with Crippen LogP contribution in [0.3, 0.4) is 0 Å². The van der Waals surface area contributed by atoms with Gasteiger partial charge in [0.15, 0.2) is 0 Å². The van der Waals surface area contributed by atoms with Gasteiger partial charge < -0.3 is 5.32 Å². The first-order chi connectivity index (χ1) is 12.6. The maximum absolute atomic E-state index is 12.0. The van der Waals surface area contributed by atoms with Gasteiger partial charge in [-0.3, -0.25) is 10.1 Å². The average molecular weight is 408 g/mol. The zero-order chi connectivity index (χ0) is 18.4. The molecule has 2 heterocycles. The van der Waals surface area contributed by atoms with E-state index in [1.54, 1.807) is 23.7 Å². The van der Waals surface area contributed by atoms with Crippen LogP contribution >= 0.6 is 34.5 Å². The first-order valence-electron chi connectivity index (χ1n) is 7.83. The number of hydrogen-bond acceptors (Lipinski definition) is 6. The third-order valence-corrected chi connectivity index (χ3v) is 4.74. The molecule has 0 aliphatic rings. The molecule has 0 aliphatic carbocycles. The van der Waals surface area contributed by atoms with Gasteiger partial charge in [-0.15, -0.1) is 10.2 Å². The highest BCUT2D eigenvalue weighted by Crippen LogP contribution is 2.22. The summed E-state index contributed by atoms with van der Waals surface area (Å²) in [5.74, 6) is 0.442. The zero-order valence-corrected chi connectivity index (χ0v) is 15.9. The van der Waals surface area contributed by atoms with Crippen molar-refractivity contribution >= 4 is 51.4 Å². The number of carbonyl (C=O) groups is 1. The Hall–Kier alpha value is -2.22. The molecule has 134 valence electrons. The van der Waals surface area contributed by atoms with E-state index in [0.29, 0.717) is 26.6 Å². The number of nitrogens with one attached hydrogen (secondary N) is 2. The Bertz CT molecular complexity index is 871. The molecule has 26 heavy (non-hydrogen) atoms. The van der Waals surface area contributed by atoms with Gasteiger partial charge in [0.2, 0.25) is 5.13 Å². The predicted octanol–water partition coefficient (Wildman–Crippen LogP) is 4.54. The second-order valence-electron chi connectivity index (χ2n) is 5.40. The number of carbonyl (C=O) groups excluding carboxylic acids is 1. The summed E-state index contributed by atoms with van der Waals surface area (Å²) in [5, 5.41) is 15.1. The van der Waals surface area contributed by atoms with Crippen LogP contribution in [0.15, 0.2) is 42.0 Å². The summed E-state index contributed by atoms with van der Waals surface area (Å²) in [6.07, 6.45) is 3.25. The first kappa shape index (κ1) is 18.6. The lowest BCUT2D eigenvalue weighted by atomic mass is 10.1. The topological polar surface area (TPSA) is 79.8 Å². The number of aryl methyl sites for hydroxylation is 1. The third kappa shape index (κ3) is 5.14. The van der Waals surface area contributed by atoms with Crippen molar-refractivity contribution in [3.05, 3.63) is 63.2 Å². The van der Waals surface area contributed by atoms with Crippen LogP contribution in [0.1, 0.15) is 22.3 Å². The van der Waals surface area contributed by atoms with E-state index in [0.717, 1.165) is 24.9 Å². The van der Waals surface area contributed by atoms with E-state index in [4.69, 9.17) is 23.2 Å². The van der Waals surface area contributed by atoms with E-state index >= 15 is 0 Å². The number of pyridine rings is 1. The summed E-state index contributed by atoms with van der Waals surface area (Å²) in [7, 11) is 0.